The molecule has 1 rings (SSSR count). The lowest BCUT2D eigenvalue weighted by Crippen LogP contribution is -2.10. The van der Waals surface area contributed by atoms with Gasteiger partial charge in [0.25, 0.3) is 0 Å². The molecule has 0 spiro atoms. The van der Waals surface area contributed by atoms with Gasteiger partial charge in [-0.3, -0.25) is 10.4 Å². The molecule has 0 aliphatic carbocycles. The largest absolute Gasteiger partial charge is 0.478 e. The molecular formula is C6H11NO9P2. The highest BCUT2D eigenvalue weighted by Gasteiger charge is 2.27. The van der Waals surface area contributed by atoms with Gasteiger partial charge in [0.05, 0.1) is 5.69 Å². The highest BCUT2D eigenvalue weighted by molar-refractivity contribution is 7.60. The molecule has 6 N–H and O–H groups in total. The lowest BCUT2D eigenvalue weighted by molar-refractivity contribution is 0.0291. The summed E-state index contributed by atoms with van der Waals surface area (Å²) >= 11 is 0. The van der Waals surface area contributed by atoms with Gasteiger partial charge in [-0.15, -0.1) is 5.23 Å². The van der Waals surface area contributed by atoms with Crippen molar-refractivity contribution in [3.63, 3.8) is 0 Å². The van der Waals surface area contributed by atoms with Gasteiger partial charge in [0.15, 0.2) is 0 Å². The maximum Gasteiger partial charge on any atom is 0.478 e. The maximum atomic E-state index is 9.63. The van der Waals surface area contributed by atoms with Gasteiger partial charge in [0, 0.05) is 0 Å². The molecule has 0 radical (unpaired) electrons. The first-order valence-electron chi connectivity index (χ1n) is 4.06. The van der Waals surface area contributed by atoms with Crippen molar-refractivity contribution in [2.45, 2.75) is 0 Å². The lowest BCUT2D eigenvalue weighted by atomic mass is 10.3. The first-order valence-corrected chi connectivity index (χ1v) is 7.13. The molecule has 18 heavy (non-hydrogen) atoms. The first kappa shape index (κ1) is 17.2. The monoisotopic (exact) mass is 303 g/mol. The van der Waals surface area contributed by atoms with Crippen LogP contribution in [0.1, 0.15) is 0 Å². The van der Waals surface area contributed by atoms with E-state index in [2.05, 4.69) is 4.31 Å². The predicted molar refractivity (Wildman–Crippen MR) is 57.7 cm³/mol. The molecule has 0 saturated carbocycles. The van der Waals surface area contributed by atoms with Crippen molar-refractivity contribution in [2.24, 2.45) is 0 Å². The molecule has 0 atom stereocenters. The average molecular weight is 303 g/mol. The SMILES string of the molecule is O=P(O)(O)OP(=O)(O)O.ON(O)c1ccccc1. The number of rotatable bonds is 3. The van der Waals surface area contributed by atoms with Crippen LogP contribution < -0.4 is 5.23 Å². The number of nitrogens with zero attached hydrogens (tertiary/aromatic N) is 1. The molecule has 0 aliphatic rings. The highest BCUT2D eigenvalue weighted by Crippen LogP contribution is 2.53. The molecule has 0 aliphatic heterocycles. The van der Waals surface area contributed by atoms with Crippen LogP contribution >= 0.6 is 15.6 Å². The van der Waals surface area contributed by atoms with Crippen LogP contribution in [-0.4, -0.2) is 30.0 Å². The fourth-order valence-corrected chi connectivity index (χ4v) is 1.81. The molecule has 0 amide bonds. The summed E-state index contributed by atoms with van der Waals surface area (Å²) in [5.41, 5.74) is 0.359. The topological polar surface area (TPSA) is 168 Å². The van der Waals surface area contributed by atoms with Crippen LogP contribution in [0, 0.1) is 0 Å². The number of anilines is 1. The van der Waals surface area contributed by atoms with Gasteiger partial charge in [-0.25, -0.2) is 9.13 Å². The molecule has 0 fully saturated rings. The Kier molecular flexibility index (Phi) is 6.64. The number of hydrogen-bond acceptors (Lipinski definition) is 6. The molecule has 10 nitrogen and oxygen atoms in total. The highest BCUT2D eigenvalue weighted by atomic mass is 31.3. The van der Waals surface area contributed by atoms with E-state index in [4.69, 9.17) is 30.0 Å². The second-order valence-corrected chi connectivity index (χ2v) is 5.30. The van der Waals surface area contributed by atoms with E-state index in [0.29, 0.717) is 5.69 Å². The Morgan fingerprint density at radius 2 is 1.28 bits per heavy atom. The van der Waals surface area contributed by atoms with Crippen molar-refractivity contribution >= 4 is 21.3 Å². The van der Waals surface area contributed by atoms with E-state index in [-0.39, 0.29) is 5.23 Å². The normalized spacial score (nSPS) is 11.4. The number of para-hydroxylation sites is 1. The minimum atomic E-state index is -5.05. The molecule has 0 unspecified atom stereocenters. The third-order valence-electron chi connectivity index (χ3n) is 1.20. The molecule has 0 saturated heterocycles. The van der Waals surface area contributed by atoms with Crippen molar-refractivity contribution < 1.29 is 43.4 Å². The van der Waals surface area contributed by atoms with Crippen molar-refractivity contribution in [3.8, 4) is 0 Å². The standard InChI is InChI=1S/C6H7NO2.H4O7P2/c8-7(9)6-4-2-1-3-5-6;1-8(2,3)7-9(4,5)6/h1-5,8-9H;(H2,1,2,3)(H2,4,5,6). The minimum Gasteiger partial charge on any atom is -0.302 e. The zero-order valence-electron chi connectivity index (χ0n) is 8.64. The summed E-state index contributed by atoms with van der Waals surface area (Å²) in [7, 11) is -10.1. The Bertz CT molecular complexity index is 418. The summed E-state index contributed by atoms with van der Waals surface area (Å²) in [6.07, 6.45) is 0. The van der Waals surface area contributed by atoms with E-state index in [1.807, 2.05) is 0 Å². The van der Waals surface area contributed by atoms with E-state index in [0.717, 1.165) is 0 Å². The van der Waals surface area contributed by atoms with Crippen LogP contribution in [0.15, 0.2) is 30.3 Å². The zero-order valence-corrected chi connectivity index (χ0v) is 10.4. The third-order valence-corrected chi connectivity index (χ3v) is 2.90. The Hall–Kier alpha value is -0.800. The van der Waals surface area contributed by atoms with Crippen molar-refractivity contribution in [2.75, 3.05) is 5.23 Å². The second-order valence-electron chi connectivity index (χ2n) is 2.69. The summed E-state index contributed by atoms with van der Waals surface area (Å²) < 4.78 is 22.2. The molecule has 0 bridgehead atoms. The van der Waals surface area contributed by atoms with Gasteiger partial charge in [0.1, 0.15) is 0 Å². The molecule has 104 valence electrons. The second kappa shape index (κ2) is 6.95. The fraction of sp³-hybridized carbons (Fsp3) is 0. The van der Waals surface area contributed by atoms with Crippen LogP contribution in [0.25, 0.3) is 0 Å². The number of benzene rings is 1. The Balaban J connectivity index is 0.000000321. The van der Waals surface area contributed by atoms with Crippen molar-refractivity contribution in [3.05, 3.63) is 30.3 Å². The van der Waals surface area contributed by atoms with E-state index in [1.165, 1.54) is 0 Å². The lowest BCUT2D eigenvalue weighted by Gasteiger charge is -2.05. The van der Waals surface area contributed by atoms with E-state index < -0.39 is 15.6 Å². The Morgan fingerprint density at radius 1 is 0.889 bits per heavy atom. The summed E-state index contributed by atoms with van der Waals surface area (Å²) in [4.78, 5) is 31.0. The third kappa shape index (κ3) is 10.4. The summed E-state index contributed by atoms with van der Waals surface area (Å²) in [5, 5.41) is 16.9. The summed E-state index contributed by atoms with van der Waals surface area (Å²) in [6, 6.07) is 8.40. The van der Waals surface area contributed by atoms with Gasteiger partial charge in [-0.05, 0) is 12.1 Å². The Morgan fingerprint density at radius 3 is 1.44 bits per heavy atom. The van der Waals surface area contributed by atoms with Crippen LogP contribution in [0.5, 0.6) is 0 Å². The van der Waals surface area contributed by atoms with E-state index in [1.54, 1.807) is 30.3 Å². The smallest absolute Gasteiger partial charge is 0.302 e. The first-order chi connectivity index (χ1) is 8.01. The predicted octanol–water partition coefficient (Wildman–Crippen LogP) is 0.460. The zero-order chi connectivity index (χ0) is 14.4. The Labute approximate surface area is 101 Å². The fourth-order valence-electron chi connectivity index (χ4n) is 0.700. The minimum absolute atomic E-state index is 0.0833. The molecule has 0 heterocycles. The molecule has 1 aromatic rings. The number of phosphoric acid groups is 2. The summed E-state index contributed by atoms with van der Waals surface area (Å²) in [5.74, 6) is 0. The van der Waals surface area contributed by atoms with E-state index in [9.17, 15) is 9.13 Å². The molecule has 0 aromatic heterocycles. The van der Waals surface area contributed by atoms with E-state index >= 15 is 0 Å². The van der Waals surface area contributed by atoms with Crippen LogP contribution in [0.3, 0.4) is 0 Å². The van der Waals surface area contributed by atoms with Gasteiger partial charge in [-0.2, -0.15) is 4.31 Å². The van der Waals surface area contributed by atoms with Crippen molar-refractivity contribution in [1.29, 1.82) is 0 Å². The quantitative estimate of drug-likeness (QED) is 0.340. The van der Waals surface area contributed by atoms with Crippen LogP contribution in [0.2, 0.25) is 0 Å². The molecular weight excluding hydrogens is 292 g/mol. The van der Waals surface area contributed by atoms with Gasteiger partial charge in [0.2, 0.25) is 0 Å². The average Bonchev–Trinajstić information content (AvgIpc) is 2.14. The van der Waals surface area contributed by atoms with Gasteiger partial charge < -0.3 is 19.6 Å². The van der Waals surface area contributed by atoms with Crippen LogP contribution in [0.4, 0.5) is 5.69 Å². The maximum absolute atomic E-state index is 9.63. The van der Waals surface area contributed by atoms with Gasteiger partial charge in [-0.1, -0.05) is 18.2 Å². The number of hydrogen-bond donors (Lipinski definition) is 6. The van der Waals surface area contributed by atoms with Gasteiger partial charge >= 0.3 is 15.6 Å². The van der Waals surface area contributed by atoms with Crippen LogP contribution in [-0.2, 0) is 13.4 Å². The molecule has 1 aromatic carbocycles. The summed E-state index contributed by atoms with van der Waals surface area (Å²) in [6.45, 7) is 0. The van der Waals surface area contributed by atoms with Crippen molar-refractivity contribution in [1.82, 2.24) is 0 Å². The molecule has 12 heteroatoms.